The molecule has 0 aliphatic carbocycles. The minimum absolute atomic E-state index is 0.218. The maximum absolute atomic E-state index is 12.5. The second-order valence-corrected chi connectivity index (χ2v) is 5.04. The van der Waals surface area contributed by atoms with Crippen LogP contribution < -0.4 is 0 Å². The molecular formula is C16H17NO6. The number of carbonyl (C=O) groups excluding carboxylic acids is 3. The second-order valence-electron chi connectivity index (χ2n) is 5.04. The molecule has 0 bridgehead atoms. The van der Waals surface area contributed by atoms with E-state index in [1.54, 1.807) is 13.8 Å². The maximum atomic E-state index is 12.5. The average Bonchev–Trinajstić information content (AvgIpc) is 3.14. The lowest BCUT2D eigenvalue weighted by Crippen LogP contribution is -2.25. The minimum atomic E-state index is -1.01. The Morgan fingerprint density at radius 2 is 1.91 bits per heavy atom. The molecule has 0 spiro atoms. The van der Waals surface area contributed by atoms with Crippen molar-refractivity contribution < 1.29 is 28.3 Å². The number of nitrogens with one attached hydrogen (secondary N) is 1. The van der Waals surface area contributed by atoms with Crippen LogP contribution in [0.25, 0.3) is 0 Å². The lowest BCUT2D eigenvalue weighted by atomic mass is 10.1. The molecule has 0 saturated heterocycles. The van der Waals surface area contributed by atoms with Crippen molar-refractivity contribution in [1.82, 2.24) is 4.98 Å². The van der Waals surface area contributed by atoms with Crippen LogP contribution >= 0.6 is 0 Å². The van der Waals surface area contributed by atoms with Crippen molar-refractivity contribution in [2.24, 2.45) is 0 Å². The summed E-state index contributed by atoms with van der Waals surface area (Å²) in [7, 11) is 1.27. The van der Waals surface area contributed by atoms with Gasteiger partial charge in [-0.15, -0.1) is 0 Å². The number of hydrogen-bond acceptors (Lipinski definition) is 6. The quantitative estimate of drug-likeness (QED) is 0.671. The Morgan fingerprint density at radius 1 is 1.22 bits per heavy atom. The number of furan rings is 1. The van der Waals surface area contributed by atoms with Gasteiger partial charge in [0, 0.05) is 5.69 Å². The lowest BCUT2D eigenvalue weighted by molar-refractivity contribution is 0.0316. The number of aromatic nitrogens is 1. The zero-order valence-corrected chi connectivity index (χ0v) is 13.3. The Morgan fingerprint density at radius 3 is 2.48 bits per heavy atom. The van der Waals surface area contributed by atoms with E-state index in [-0.39, 0.29) is 11.3 Å². The van der Waals surface area contributed by atoms with Crippen LogP contribution in [0.15, 0.2) is 23.0 Å². The Kier molecular flexibility index (Phi) is 4.68. The number of ether oxygens (including phenoxy) is 2. The monoisotopic (exact) mass is 319 g/mol. The van der Waals surface area contributed by atoms with Crippen LogP contribution in [0.3, 0.4) is 0 Å². The molecule has 23 heavy (non-hydrogen) atoms. The molecule has 1 atom stereocenters. The highest BCUT2D eigenvalue weighted by Crippen LogP contribution is 2.21. The van der Waals surface area contributed by atoms with Gasteiger partial charge in [0.1, 0.15) is 6.26 Å². The highest BCUT2D eigenvalue weighted by molar-refractivity contribution is 6.04. The number of aryl methyl sites for hydroxylation is 1. The smallest absolute Gasteiger partial charge is 0.342 e. The maximum Gasteiger partial charge on any atom is 0.342 e. The summed E-state index contributed by atoms with van der Waals surface area (Å²) < 4.78 is 14.6. The Hall–Kier alpha value is -2.83. The summed E-state index contributed by atoms with van der Waals surface area (Å²) in [4.78, 5) is 38.9. The molecule has 0 saturated carbocycles. The van der Waals surface area contributed by atoms with Gasteiger partial charge in [-0.3, -0.25) is 4.79 Å². The number of carbonyl (C=O) groups is 3. The number of rotatable bonds is 5. The van der Waals surface area contributed by atoms with Crippen LogP contribution in [0.4, 0.5) is 0 Å². The van der Waals surface area contributed by atoms with Crippen molar-refractivity contribution in [1.29, 1.82) is 0 Å². The fourth-order valence-corrected chi connectivity index (χ4v) is 2.27. The lowest BCUT2D eigenvalue weighted by Gasteiger charge is -2.11. The summed E-state index contributed by atoms with van der Waals surface area (Å²) in [6.45, 7) is 4.76. The topological polar surface area (TPSA) is 98.6 Å². The summed E-state index contributed by atoms with van der Waals surface area (Å²) in [6.07, 6.45) is 1.56. The predicted octanol–water partition coefficient (Wildman–Crippen LogP) is 2.44. The number of Topliss-reactive ketones (excluding diaryl/α,β-unsaturated/α-hetero) is 1. The van der Waals surface area contributed by atoms with Crippen molar-refractivity contribution >= 4 is 17.7 Å². The zero-order valence-electron chi connectivity index (χ0n) is 13.3. The molecule has 0 aliphatic heterocycles. The van der Waals surface area contributed by atoms with Crippen molar-refractivity contribution in [3.63, 3.8) is 0 Å². The number of ketones is 1. The summed E-state index contributed by atoms with van der Waals surface area (Å²) in [6, 6.07) is 1.44. The first kappa shape index (κ1) is 16.5. The number of aromatic amines is 1. The van der Waals surface area contributed by atoms with Gasteiger partial charge in [0.05, 0.1) is 30.2 Å². The van der Waals surface area contributed by atoms with E-state index in [9.17, 15) is 14.4 Å². The van der Waals surface area contributed by atoms with Gasteiger partial charge < -0.3 is 18.9 Å². The zero-order chi connectivity index (χ0) is 17.1. The fraction of sp³-hybridized carbons (Fsp3) is 0.312. The van der Waals surface area contributed by atoms with Crippen molar-refractivity contribution in [2.45, 2.75) is 26.9 Å². The molecule has 0 amide bonds. The van der Waals surface area contributed by atoms with Gasteiger partial charge in [0.25, 0.3) is 0 Å². The molecule has 7 heteroatoms. The first-order chi connectivity index (χ1) is 10.9. The third kappa shape index (κ3) is 3.18. The van der Waals surface area contributed by atoms with E-state index in [1.807, 2.05) is 0 Å². The van der Waals surface area contributed by atoms with E-state index in [2.05, 4.69) is 4.98 Å². The molecule has 2 rings (SSSR count). The van der Waals surface area contributed by atoms with E-state index in [4.69, 9.17) is 13.9 Å². The van der Waals surface area contributed by atoms with E-state index in [0.717, 1.165) is 0 Å². The number of H-pyrrole nitrogens is 1. The number of hydrogen-bond donors (Lipinski definition) is 1. The highest BCUT2D eigenvalue weighted by Gasteiger charge is 2.27. The van der Waals surface area contributed by atoms with Crippen LogP contribution in [0.5, 0.6) is 0 Å². The molecular weight excluding hydrogens is 302 g/mol. The highest BCUT2D eigenvalue weighted by atomic mass is 16.5. The fourth-order valence-electron chi connectivity index (χ4n) is 2.27. The van der Waals surface area contributed by atoms with Crippen LogP contribution in [-0.4, -0.2) is 35.9 Å². The van der Waals surface area contributed by atoms with Crippen molar-refractivity contribution in [3.8, 4) is 0 Å². The minimum Gasteiger partial charge on any atom is -0.472 e. The first-order valence-corrected chi connectivity index (χ1v) is 6.91. The Bertz CT molecular complexity index is 741. The third-order valence-electron chi connectivity index (χ3n) is 3.48. The second kappa shape index (κ2) is 6.51. The standard InChI is InChI=1S/C16H17NO6/c1-8-12(16(20)21-4)9(2)17-13(8)14(18)10(3)23-15(19)11-5-6-22-7-11/h5-7,10,17H,1-4H3/t10-/m1/s1. The van der Waals surface area contributed by atoms with Crippen LogP contribution in [0.2, 0.25) is 0 Å². The molecule has 0 aromatic carbocycles. The molecule has 0 radical (unpaired) electrons. The molecule has 7 nitrogen and oxygen atoms in total. The molecule has 0 aliphatic rings. The third-order valence-corrected chi connectivity index (χ3v) is 3.48. The molecule has 122 valence electrons. The Balaban J connectivity index is 2.20. The van der Waals surface area contributed by atoms with Gasteiger partial charge >= 0.3 is 11.9 Å². The van der Waals surface area contributed by atoms with Crippen LogP contribution in [0.1, 0.15) is 49.4 Å². The van der Waals surface area contributed by atoms with Crippen molar-refractivity contribution in [3.05, 3.63) is 46.7 Å². The summed E-state index contributed by atoms with van der Waals surface area (Å²) in [5.41, 5.74) is 1.73. The van der Waals surface area contributed by atoms with Crippen molar-refractivity contribution in [2.75, 3.05) is 7.11 Å². The molecule has 2 heterocycles. The number of methoxy groups -OCH3 is 1. The van der Waals surface area contributed by atoms with E-state index < -0.39 is 23.8 Å². The first-order valence-electron chi connectivity index (χ1n) is 6.91. The summed E-state index contributed by atoms with van der Waals surface area (Å²) in [5, 5.41) is 0. The predicted molar refractivity (Wildman–Crippen MR) is 79.5 cm³/mol. The summed E-state index contributed by atoms with van der Waals surface area (Å²) >= 11 is 0. The number of esters is 2. The normalized spacial score (nSPS) is 11.8. The SMILES string of the molecule is COC(=O)c1c(C)[nH]c(C(=O)[C@@H](C)OC(=O)c2ccoc2)c1C. The van der Waals surface area contributed by atoms with Gasteiger partial charge in [-0.05, 0) is 32.4 Å². The van der Waals surface area contributed by atoms with Crippen LogP contribution in [0, 0.1) is 13.8 Å². The molecule has 2 aromatic heterocycles. The van der Waals surface area contributed by atoms with E-state index in [1.165, 1.54) is 32.6 Å². The van der Waals surface area contributed by atoms with Gasteiger partial charge in [0.2, 0.25) is 5.78 Å². The Labute approximate surface area is 132 Å². The summed E-state index contributed by atoms with van der Waals surface area (Å²) in [5.74, 6) is -1.62. The van der Waals surface area contributed by atoms with Gasteiger partial charge in [-0.1, -0.05) is 0 Å². The molecule has 1 N–H and O–H groups in total. The molecule has 2 aromatic rings. The van der Waals surface area contributed by atoms with Gasteiger partial charge in [-0.2, -0.15) is 0 Å². The van der Waals surface area contributed by atoms with Gasteiger partial charge in [-0.25, -0.2) is 9.59 Å². The van der Waals surface area contributed by atoms with Gasteiger partial charge in [0.15, 0.2) is 6.10 Å². The molecule has 0 fully saturated rings. The average molecular weight is 319 g/mol. The van der Waals surface area contributed by atoms with E-state index >= 15 is 0 Å². The van der Waals surface area contributed by atoms with Crippen LogP contribution in [-0.2, 0) is 9.47 Å². The molecule has 0 unspecified atom stereocenters. The van der Waals surface area contributed by atoms with E-state index in [0.29, 0.717) is 16.8 Å². The largest absolute Gasteiger partial charge is 0.472 e.